The molecular formula is C9H17BO3. The van der Waals surface area contributed by atoms with Crippen molar-refractivity contribution >= 4 is 6.92 Å². The molecule has 0 aromatic heterocycles. The van der Waals surface area contributed by atoms with Crippen LogP contribution in [0.1, 0.15) is 13.8 Å². The third kappa shape index (κ3) is 7.47. The molecule has 74 valence electrons. The highest BCUT2D eigenvalue weighted by atomic mass is 16.5. The fraction of sp³-hybridized carbons (Fsp3) is 0.556. The van der Waals surface area contributed by atoms with Gasteiger partial charge in [0.1, 0.15) is 0 Å². The molecule has 0 aliphatic rings. The summed E-state index contributed by atoms with van der Waals surface area (Å²) >= 11 is 0. The molecule has 0 rings (SSSR count). The first kappa shape index (κ1) is 12.1. The first-order chi connectivity index (χ1) is 6.35. The molecule has 0 unspecified atom stereocenters. The lowest BCUT2D eigenvalue weighted by molar-refractivity contribution is 0.268. The van der Waals surface area contributed by atoms with E-state index in [4.69, 9.17) is 14.1 Å². The third-order valence-corrected chi connectivity index (χ3v) is 1.33. The largest absolute Gasteiger partial charge is 0.503 e. The highest BCUT2D eigenvalue weighted by molar-refractivity contribution is 6.62. The molecule has 0 amide bonds. The van der Waals surface area contributed by atoms with Gasteiger partial charge in [-0.3, -0.25) is 0 Å². The van der Waals surface area contributed by atoms with Crippen LogP contribution in [0.5, 0.6) is 0 Å². The Labute approximate surface area is 80.5 Å². The zero-order chi connectivity index (χ0) is 9.94. The molecule has 0 saturated carbocycles. The Kier molecular flexibility index (Phi) is 8.56. The molecule has 0 heterocycles. The molecule has 0 radical (unpaired) electrons. The lowest BCUT2D eigenvalue weighted by Crippen LogP contribution is -2.09. The van der Waals surface area contributed by atoms with Crippen molar-refractivity contribution in [2.24, 2.45) is 0 Å². The smallest absolute Gasteiger partial charge is 0.352 e. The summed E-state index contributed by atoms with van der Waals surface area (Å²) in [6.45, 7) is 5.12. The monoisotopic (exact) mass is 184 g/mol. The molecule has 0 fully saturated rings. The van der Waals surface area contributed by atoms with Crippen molar-refractivity contribution in [1.29, 1.82) is 0 Å². The van der Waals surface area contributed by atoms with E-state index in [1.807, 2.05) is 25.8 Å². The highest BCUT2D eigenvalue weighted by Crippen LogP contribution is 1.91. The average Bonchev–Trinajstić information content (AvgIpc) is 2.16. The van der Waals surface area contributed by atoms with Crippen LogP contribution >= 0.6 is 0 Å². The first-order valence-electron chi connectivity index (χ1n) is 4.44. The zero-order valence-corrected chi connectivity index (χ0v) is 8.53. The summed E-state index contributed by atoms with van der Waals surface area (Å²) < 4.78 is 15.2. The van der Waals surface area contributed by atoms with Crippen LogP contribution in [-0.4, -0.2) is 27.2 Å². The molecule has 0 aromatic rings. The number of rotatable bonds is 7. The molecule has 0 spiro atoms. The Morgan fingerprint density at radius 2 is 1.46 bits per heavy atom. The van der Waals surface area contributed by atoms with Gasteiger partial charge in [-0.25, -0.2) is 0 Å². The third-order valence-electron chi connectivity index (χ3n) is 1.33. The van der Waals surface area contributed by atoms with Gasteiger partial charge in [0.05, 0.1) is 25.7 Å². The molecule has 0 aliphatic carbocycles. The average molecular weight is 184 g/mol. The van der Waals surface area contributed by atoms with Gasteiger partial charge in [-0.15, -0.1) is 0 Å². The van der Waals surface area contributed by atoms with E-state index in [1.54, 1.807) is 19.6 Å². The Morgan fingerprint density at radius 1 is 1.00 bits per heavy atom. The lowest BCUT2D eigenvalue weighted by atomic mass is 9.69. The Bertz CT molecular complexity index is 141. The minimum atomic E-state index is -0.0851. The van der Waals surface area contributed by atoms with Crippen molar-refractivity contribution in [3.63, 3.8) is 0 Å². The Balaban J connectivity index is 3.74. The summed E-state index contributed by atoms with van der Waals surface area (Å²) in [5.74, 6) is 3.64. The number of hydrogen-bond acceptors (Lipinski definition) is 3. The molecule has 0 bridgehead atoms. The van der Waals surface area contributed by atoms with Crippen molar-refractivity contribution in [1.82, 2.24) is 0 Å². The van der Waals surface area contributed by atoms with Crippen molar-refractivity contribution in [3.05, 3.63) is 24.5 Å². The predicted octanol–water partition coefficient (Wildman–Crippen LogP) is 1.80. The number of ether oxygens (including phenoxy) is 2. The standard InChI is InChI=1S/C9H17BO3/c1-4-12-8-6-10(11-3)7-9-13-5-2/h6-9H,4-5H2,1-3H3/b8-6+,9-7+. The molecule has 0 saturated heterocycles. The van der Waals surface area contributed by atoms with Crippen LogP contribution in [0.25, 0.3) is 0 Å². The summed E-state index contributed by atoms with van der Waals surface area (Å²) in [7, 11) is 1.64. The second-order valence-corrected chi connectivity index (χ2v) is 2.27. The minimum absolute atomic E-state index is 0.0851. The van der Waals surface area contributed by atoms with E-state index in [-0.39, 0.29) is 6.92 Å². The first-order valence-corrected chi connectivity index (χ1v) is 4.44. The second kappa shape index (κ2) is 9.19. The quantitative estimate of drug-likeness (QED) is 0.446. The van der Waals surface area contributed by atoms with Gasteiger partial charge >= 0.3 is 6.92 Å². The van der Waals surface area contributed by atoms with Gasteiger partial charge in [0.25, 0.3) is 0 Å². The molecule has 0 aliphatic heterocycles. The molecule has 0 N–H and O–H groups in total. The summed E-state index contributed by atoms with van der Waals surface area (Å²) in [6, 6.07) is 0. The van der Waals surface area contributed by atoms with Crippen LogP contribution in [0.4, 0.5) is 0 Å². The number of hydrogen-bond donors (Lipinski definition) is 0. The molecule has 0 atom stereocenters. The molecule has 3 nitrogen and oxygen atoms in total. The van der Waals surface area contributed by atoms with E-state index in [9.17, 15) is 0 Å². The fourth-order valence-corrected chi connectivity index (χ4v) is 0.680. The molecule has 0 aromatic carbocycles. The van der Waals surface area contributed by atoms with E-state index in [1.165, 1.54) is 0 Å². The zero-order valence-electron chi connectivity index (χ0n) is 8.53. The lowest BCUT2D eigenvalue weighted by Gasteiger charge is -2.00. The summed E-state index contributed by atoms with van der Waals surface area (Å²) in [4.78, 5) is 0. The second-order valence-electron chi connectivity index (χ2n) is 2.27. The molecule has 13 heavy (non-hydrogen) atoms. The normalized spacial score (nSPS) is 11.0. The maximum atomic E-state index is 5.11. The van der Waals surface area contributed by atoms with Crippen LogP contribution in [-0.2, 0) is 14.1 Å². The van der Waals surface area contributed by atoms with Crippen LogP contribution in [0.2, 0.25) is 0 Å². The van der Waals surface area contributed by atoms with Gasteiger partial charge in [-0.2, -0.15) is 0 Å². The van der Waals surface area contributed by atoms with Crippen LogP contribution < -0.4 is 0 Å². The summed E-state index contributed by atoms with van der Waals surface area (Å²) in [5.41, 5.74) is 0. The highest BCUT2D eigenvalue weighted by Gasteiger charge is 2.03. The fourth-order valence-electron chi connectivity index (χ4n) is 0.680. The van der Waals surface area contributed by atoms with Gasteiger partial charge in [0.15, 0.2) is 0 Å². The van der Waals surface area contributed by atoms with Crippen molar-refractivity contribution in [2.45, 2.75) is 13.8 Å². The van der Waals surface area contributed by atoms with E-state index in [2.05, 4.69) is 0 Å². The Morgan fingerprint density at radius 3 is 1.77 bits per heavy atom. The Hall–Kier alpha value is -0.895. The molecule has 4 heteroatoms. The van der Waals surface area contributed by atoms with Crippen LogP contribution in [0, 0.1) is 0 Å². The van der Waals surface area contributed by atoms with Crippen LogP contribution in [0.3, 0.4) is 0 Å². The van der Waals surface area contributed by atoms with Gasteiger partial charge < -0.3 is 14.1 Å². The van der Waals surface area contributed by atoms with Gasteiger partial charge in [0.2, 0.25) is 0 Å². The topological polar surface area (TPSA) is 27.7 Å². The van der Waals surface area contributed by atoms with E-state index < -0.39 is 0 Å². The van der Waals surface area contributed by atoms with Gasteiger partial charge in [-0.05, 0) is 25.8 Å². The molecular weight excluding hydrogens is 167 g/mol. The summed E-state index contributed by atoms with van der Waals surface area (Å²) in [6.07, 6.45) is 3.26. The maximum absolute atomic E-state index is 5.11. The van der Waals surface area contributed by atoms with E-state index in [0.717, 1.165) is 0 Å². The SMILES string of the molecule is CCO/C=C/B(/C=C/OCC)OC. The van der Waals surface area contributed by atoms with Gasteiger partial charge in [-0.1, -0.05) is 0 Å². The maximum Gasteiger partial charge on any atom is 0.352 e. The van der Waals surface area contributed by atoms with Gasteiger partial charge in [0, 0.05) is 7.11 Å². The van der Waals surface area contributed by atoms with Crippen molar-refractivity contribution < 1.29 is 14.1 Å². The van der Waals surface area contributed by atoms with Crippen LogP contribution in [0.15, 0.2) is 24.5 Å². The van der Waals surface area contributed by atoms with Crippen molar-refractivity contribution in [3.8, 4) is 0 Å². The van der Waals surface area contributed by atoms with E-state index >= 15 is 0 Å². The predicted molar refractivity (Wildman–Crippen MR) is 54.3 cm³/mol. The van der Waals surface area contributed by atoms with E-state index in [0.29, 0.717) is 13.2 Å². The summed E-state index contributed by atoms with van der Waals surface area (Å²) in [5, 5.41) is 0. The minimum Gasteiger partial charge on any atom is -0.503 e. The van der Waals surface area contributed by atoms with Crippen molar-refractivity contribution in [2.75, 3.05) is 20.3 Å².